The van der Waals surface area contributed by atoms with Gasteiger partial charge in [0.25, 0.3) is 0 Å². The van der Waals surface area contributed by atoms with Gasteiger partial charge in [-0.1, -0.05) is 334 Å². The van der Waals surface area contributed by atoms with Crippen molar-refractivity contribution in [1.82, 2.24) is 63.1 Å². The molecule has 0 spiro atoms. The Morgan fingerprint density at radius 2 is 0.413 bits per heavy atom. The molecule has 0 saturated heterocycles. The van der Waals surface area contributed by atoms with Crippen molar-refractivity contribution in [3.05, 3.63) is 443 Å². The van der Waals surface area contributed by atoms with E-state index >= 15 is 0 Å². The van der Waals surface area contributed by atoms with Gasteiger partial charge in [0.15, 0.2) is 0 Å². The number of aromatic nitrogens is 13. The minimum atomic E-state index is 0.693. The summed E-state index contributed by atoms with van der Waals surface area (Å²) in [7, 11) is 0. The lowest BCUT2D eigenvalue weighted by Crippen LogP contribution is -2.03. The molecular formula is C129H73N13S8. The second-order valence-corrected chi connectivity index (χ2v) is 45.5. The molecule has 17 heterocycles. The van der Waals surface area contributed by atoms with Gasteiger partial charge in [-0.25, -0.2) is 39.9 Å². The summed E-state index contributed by atoms with van der Waals surface area (Å²) in [6.45, 7) is 0. The van der Waals surface area contributed by atoms with Crippen molar-refractivity contribution in [1.29, 1.82) is 0 Å². The van der Waals surface area contributed by atoms with Crippen molar-refractivity contribution >= 4 is 308 Å². The second kappa shape index (κ2) is 35.1. The van der Waals surface area contributed by atoms with Crippen LogP contribution in [0.15, 0.2) is 443 Å². The van der Waals surface area contributed by atoms with Crippen LogP contribution < -0.4 is 0 Å². The third-order valence-corrected chi connectivity index (χ3v) is 38.8. The third kappa shape index (κ3) is 13.9. The molecule has 0 unspecified atom stereocenters. The van der Waals surface area contributed by atoms with Crippen molar-refractivity contribution in [3.8, 4) is 79.9 Å². The Morgan fingerprint density at radius 3 is 0.767 bits per heavy atom. The van der Waals surface area contributed by atoms with Crippen LogP contribution in [0.1, 0.15) is 0 Å². The number of rotatable bonds is 9. The van der Waals surface area contributed by atoms with Crippen LogP contribution >= 0.6 is 90.7 Å². The first-order valence-corrected chi connectivity index (χ1v) is 56.0. The van der Waals surface area contributed by atoms with E-state index in [1.165, 1.54) is 162 Å². The molecule has 0 fully saturated rings. The number of nitrogens with zero attached hydrogens (tertiary/aromatic N) is 13. The fraction of sp³-hybridized carbons (Fsp3) is 0. The quantitative estimate of drug-likeness (QED) is 0.138. The highest BCUT2D eigenvalue weighted by Crippen LogP contribution is 2.55. The molecule has 17 aromatic heterocycles. The van der Waals surface area contributed by atoms with E-state index in [-0.39, 0.29) is 0 Å². The molecule has 34 aromatic rings. The average Bonchev–Trinajstić information content (AvgIpc) is 1.56. The van der Waals surface area contributed by atoms with Gasteiger partial charge in [0.1, 0.15) is 0 Å². The Labute approximate surface area is 885 Å². The summed E-state index contributed by atoms with van der Waals surface area (Å²) in [6, 6.07) is 151. The highest BCUT2D eigenvalue weighted by molar-refractivity contribution is 7.39. The summed E-state index contributed by atoms with van der Waals surface area (Å²) < 4.78 is 30.1. The molecular weight excluding hydrogens is 1990 g/mol. The summed E-state index contributed by atoms with van der Waals surface area (Å²) in [5.74, 6) is 2.82. The molecule has 0 atom stereocenters. The Balaban J connectivity index is 0.0000000902. The Hall–Kier alpha value is -17.6. The first kappa shape index (κ1) is 86.7. The van der Waals surface area contributed by atoms with Crippen molar-refractivity contribution < 1.29 is 0 Å². The van der Waals surface area contributed by atoms with Crippen molar-refractivity contribution in [3.63, 3.8) is 0 Å². The lowest BCUT2D eigenvalue weighted by Gasteiger charge is -2.12. The number of hydrogen-bond acceptors (Lipinski definition) is 17. The highest BCUT2D eigenvalue weighted by atomic mass is 32.1. The van der Waals surface area contributed by atoms with E-state index in [1.807, 2.05) is 139 Å². The van der Waals surface area contributed by atoms with E-state index in [4.69, 9.17) is 39.9 Å². The van der Waals surface area contributed by atoms with Crippen molar-refractivity contribution in [2.24, 2.45) is 0 Å². The average molecular weight is 2060 g/mol. The first-order valence-electron chi connectivity index (χ1n) is 49.4. The van der Waals surface area contributed by atoms with Crippen LogP contribution in [-0.4, -0.2) is 63.1 Å². The van der Waals surface area contributed by atoms with Gasteiger partial charge in [-0.05, 0) is 119 Å². The highest BCUT2D eigenvalue weighted by Gasteiger charge is 2.31. The summed E-state index contributed by atoms with van der Waals surface area (Å²) in [6.07, 6.45) is 3.63. The third-order valence-electron chi connectivity index (χ3n) is 28.6. The van der Waals surface area contributed by atoms with Crippen LogP contribution in [0.4, 0.5) is 0 Å². The monoisotopic (exact) mass is 2060 g/mol. The number of benzene rings is 17. The summed E-state index contributed by atoms with van der Waals surface area (Å²) in [4.78, 5) is 45.8. The van der Waals surface area contributed by atoms with Gasteiger partial charge >= 0.3 is 0 Å². The van der Waals surface area contributed by atoms with Crippen molar-refractivity contribution in [2.45, 2.75) is 0 Å². The van der Waals surface area contributed by atoms with Crippen LogP contribution in [0.25, 0.3) is 297 Å². The summed E-state index contributed by atoms with van der Waals surface area (Å²) >= 11 is 15.0. The molecule has 0 N–H and O–H groups in total. The number of thiophene rings is 8. The predicted octanol–water partition coefficient (Wildman–Crippen LogP) is 37.5. The van der Waals surface area contributed by atoms with Gasteiger partial charge in [-0.15, -0.1) is 90.7 Å². The van der Waals surface area contributed by atoms with Gasteiger partial charge in [-0.2, -0.15) is 0 Å². The lowest BCUT2D eigenvalue weighted by atomic mass is 10.00. The van der Waals surface area contributed by atoms with Crippen LogP contribution in [0.3, 0.4) is 0 Å². The maximum Gasteiger partial charge on any atom is 0.235 e. The molecule has 150 heavy (non-hydrogen) atoms. The smallest absolute Gasteiger partial charge is 0.235 e. The number of fused-ring (bicyclic) bond motifs is 33. The molecule has 702 valence electrons. The molecule has 0 bridgehead atoms. The summed E-state index contributed by atoms with van der Waals surface area (Å²) in [5.41, 5.74) is 23.5. The minimum Gasteiger partial charge on any atom is -0.276 e. The minimum absolute atomic E-state index is 0.693. The number of pyridine rings is 1. The van der Waals surface area contributed by atoms with Crippen LogP contribution in [0, 0.1) is 0 Å². The van der Waals surface area contributed by atoms with Crippen LogP contribution in [-0.2, 0) is 0 Å². The number of hydrogen-bond donors (Lipinski definition) is 0. The molecule has 13 nitrogen and oxygen atoms in total. The molecule has 0 amide bonds. The zero-order valence-electron chi connectivity index (χ0n) is 79.2. The molecule has 0 radical (unpaired) electrons. The topological polar surface area (TPSA) is 136 Å². The Morgan fingerprint density at radius 1 is 0.153 bits per heavy atom. The number of para-hydroxylation sites is 8. The standard InChI is InChI=1S/C36H21N3S2.C34H19N3S2.C30H17N3S2.C29H16N4S2/c1-2-11-22(12-3-1)23-13-10-14-24(21-23)31-25-15-4-7-18-28(25)37-36(38-31)39-29-19-8-5-16-26(29)33-32(39)35-34(41-33)27-17-6-9-20-30(27)40-35;1-2-10-21-19-22(18-17-20(21)9-1)29-23-11-3-6-14-26(23)35-34(36-29)37-27-15-7-4-12-24(27)31-30(37)33-32(39-31)25-13-5-8-16-28(25)38-33;1-2-10-18(11-3-1)25-19-12-4-7-15-22(19)31-30(32-25)33-23-16-8-5-13-20(23)27-26(33)29-28(35-27)21-14-6-9-17-24(21)34-29;1-4-10-21-18(7-1)24(17-13-15-30-16-14-17)32-29(31-21)33-22-11-5-2-8-19(22)26-25(33)28-27(35-26)20-9-3-6-12-23(20)34-28/h1-21H;1-19H;1-17H;1-16H. The second-order valence-electron chi connectivity index (χ2n) is 37.2. The van der Waals surface area contributed by atoms with Gasteiger partial charge in [-0.3, -0.25) is 23.3 Å². The fourth-order valence-electron chi connectivity index (χ4n) is 21.9. The maximum absolute atomic E-state index is 5.35. The van der Waals surface area contributed by atoms with E-state index in [2.05, 4.69) is 418 Å². The molecule has 0 aliphatic rings. The fourth-order valence-corrected chi connectivity index (χ4v) is 33.0. The van der Waals surface area contributed by atoms with Gasteiger partial charge in [0.2, 0.25) is 23.8 Å². The van der Waals surface area contributed by atoms with Gasteiger partial charge in [0, 0.05) is 118 Å². The molecule has 21 heteroatoms. The Bertz CT molecular complexity index is 11200. The maximum atomic E-state index is 5.35. The normalized spacial score (nSPS) is 12.0. The van der Waals surface area contributed by atoms with E-state index in [0.717, 1.165) is 111 Å². The molecule has 17 aromatic carbocycles. The van der Waals surface area contributed by atoms with Crippen molar-refractivity contribution in [2.75, 3.05) is 0 Å². The van der Waals surface area contributed by atoms with E-state index in [9.17, 15) is 0 Å². The van der Waals surface area contributed by atoms with Gasteiger partial charge < -0.3 is 0 Å². The molecule has 34 rings (SSSR count). The molecule has 0 aliphatic carbocycles. The Kier molecular flexibility index (Phi) is 20.3. The first-order chi connectivity index (χ1) is 74.4. The van der Waals surface area contributed by atoms with Crippen LogP contribution in [0.5, 0.6) is 0 Å². The predicted molar refractivity (Wildman–Crippen MR) is 641 cm³/mol. The van der Waals surface area contributed by atoms with E-state index in [1.54, 1.807) is 0 Å². The zero-order valence-corrected chi connectivity index (χ0v) is 85.8. The van der Waals surface area contributed by atoms with Crippen LogP contribution in [0.2, 0.25) is 0 Å². The SMILES string of the molecule is c1ccc(-c2cccc(-c3nc(-n4c5ccccc5c5sc6c7ccccc7sc6c54)nc4ccccc34)c2)cc1.c1ccc(-c2nc(-n3c4ccccc4c4sc5c6ccccc6sc5c43)nc3ccccc23)cc1.c1ccc2c(-c3ccncc3)nc(-n3c4ccccc4c4sc5c6ccccc6sc5c43)nc2c1.c1ccc2cc(-c3nc(-n4c5ccccc5c5sc6c7ccccc7sc6c54)nc4ccccc34)ccc2c1. The molecule has 0 aliphatic heterocycles. The van der Waals surface area contributed by atoms with E-state index in [0.29, 0.717) is 23.8 Å². The molecule has 0 saturated carbocycles. The largest absolute Gasteiger partial charge is 0.276 e. The summed E-state index contributed by atoms with van der Waals surface area (Å²) in [5, 5.41) is 16.9. The van der Waals surface area contributed by atoms with E-state index < -0.39 is 0 Å². The zero-order chi connectivity index (χ0) is 98.3. The van der Waals surface area contributed by atoms with Gasteiger partial charge in [0.05, 0.1) is 145 Å². The lowest BCUT2D eigenvalue weighted by molar-refractivity contribution is 1.02.